The molecule has 104 valence electrons. The van der Waals surface area contributed by atoms with Crippen LogP contribution in [-0.4, -0.2) is 11.1 Å². The van der Waals surface area contributed by atoms with Crippen LogP contribution in [0.5, 0.6) is 0 Å². The third-order valence-corrected chi connectivity index (χ3v) is 6.29. The lowest BCUT2D eigenvalue weighted by Crippen LogP contribution is -2.53. The first-order chi connectivity index (χ1) is 8.96. The van der Waals surface area contributed by atoms with Gasteiger partial charge in [0.15, 0.2) is 0 Å². The summed E-state index contributed by atoms with van der Waals surface area (Å²) >= 11 is 0. The number of nitriles is 1. The van der Waals surface area contributed by atoms with Gasteiger partial charge in [0.05, 0.1) is 11.5 Å². The van der Waals surface area contributed by atoms with Gasteiger partial charge in [0.2, 0.25) is 0 Å². The van der Waals surface area contributed by atoms with Crippen LogP contribution in [0.4, 0.5) is 0 Å². The summed E-state index contributed by atoms with van der Waals surface area (Å²) in [4.78, 5) is 10.9. The summed E-state index contributed by atoms with van der Waals surface area (Å²) in [5.74, 6) is 1.66. The van der Waals surface area contributed by atoms with Crippen LogP contribution in [0, 0.1) is 39.9 Å². The van der Waals surface area contributed by atoms with E-state index in [0.29, 0.717) is 6.42 Å². The Morgan fingerprint density at radius 3 is 2.11 bits per heavy atom. The molecule has 0 amide bonds. The third kappa shape index (κ3) is 1.96. The molecular formula is C16H23NO2. The van der Waals surface area contributed by atoms with Crippen molar-refractivity contribution >= 4 is 5.97 Å². The summed E-state index contributed by atoms with van der Waals surface area (Å²) in [6.07, 6.45) is 8.24. The van der Waals surface area contributed by atoms with Gasteiger partial charge in [0.25, 0.3) is 0 Å². The van der Waals surface area contributed by atoms with E-state index >= 15 is 0 Å². The molecule has 4 fully saturated rings. The first-order valence-corrected chi connectivity index (χ1v) is 7.59. The van der Waals surface area contributed by atoms with Crippen molar-refractivity contribution in [2.75, 3.05) is 0 Å². The Labute approximate surface area is 115 Å². The molecule has 0 aromatic rings. The predicted molar refractivity (Wildman–Crippen MR) is 71.2 cm³/mol. The second kappa shape index (κ2) is 4.23. The van der Waals surface area contributed by atoms with E-state index in [4.69, 9.17) is 5.11 Å². The fourth-order valence-corrected chi connectivity index (χ4v) is 5.58. The van der Waals surface area contributed by atoms with Crippen LogP contribution in [0.1, 0.15) is 58.3 Å². The van der Waals surface area contributed by atoms with E-state index < -0.39 is 11.4 Å². The van der Waals surface area contributed by atoms with Gasteiger partial charge in [0.1, 0.15) is 0 Å². The first-order valence-electron chi connectivity index (χ1n) is 7.59. The van der Waals surface area contributed by atoms with Crippen molar-refractivity contribution in [2.45, 2.75) is 58.3 Å². The zero-order chi connectivity index (χ0) is 13.7. The molecule has 0 aliphatic heterocycles. The van der Waals surface area contributed by atoms with E-state index in [2.05, 4.69) is 6.07 Å². The summed E-state index contributed by atoms with van der Waals surface area (Å²) in [7, 11) is 0. The lowest BCUT2D eigenvalue weighted by molar-refractivity contribution is -0.140. The van der Waals surface area contributed by atoms with Gasteiger partial charge in [-0.05, 0) is 75.0 Å². The topological polar surface area (TPSA) is 61.1 Å². The van der Waals surface area contributed by atoms with Gasteiger partial charge in [0, 0.05) is 6.42 Å². The van der Waals surface area contributed by atoms with Crippen LogP contribution >= 0.6 is 0 Å². The number of carbonyl (C=O) groups is 1. The largest absolute Gasteiger partial charge is 0.481 e. The minimum atomic E-state index is -0.772. The Hall–Kier alpha value is -1.04. The average molecular weight is 261 g/mol. The minimum Gasteiger partial charge on any atom is -0.481 e. The molecule has 4 saturated carbocycles. The molecule has 0 spiro atoms. The highest BCUT2D eigenvalue weighted by Gasteiger charge is 2.58. The molecule has 4 aliphatic carbocycles. The molecule has 4 rings (SSSR count). The van der Waals surface area contributed by atoms with Crippen LogP contribution in [-0.2, 0) is 4.79 Å². The Balaban J connectivity index is 1.86. The molecule has 0 heterocycles. The highest BCUT2D eigenvalue weighted by Crippen LogP contribution is 2.66. The van der Waals surface area contributed by atoms with Gasteiger partial charge in [-0.1, -0.05) is 0 Å². The molecule has 3 nitrogen and oxygen atoms in total. The normalized spacial score (nSPS) is 42.6. The van der Waals surface area contributed by atoms with Crippen molar-refractivity contribution in [3.05, 3.63) is 0 Å². The van der Waals surface area contributed by atoms with Crippen molar-refractivity contribution in [3.8, 4) is 6.07 Å². The summed E-state index contributed by atoms with van der Waals surface area (Å²) in [6, 6.07) is 2.53. The van der Waals surface area contributed by atoms with Gasteiger partial charge < -0.3 is 5.11 Å². The van der Waals surface area contributed by atoms with Gasteiger partial charge in [-0.3, -0.25) is 4.79 Å². The van der Waals surface area contributed by atoms with Crippen molar-refractivity contribution < 1.29 is 9.90 Å². The van der Waals surface area contributed by atoms with Crippen LogP contribution in [0.25, 0.3) is 0 Å². The van der Waals surface area contributed by atoms with Gasteiger partial charge in [-0.2, -0.15) is 5.26 Å². The SMILES string of the molecule is CC(C#N)(CCC(=O)O)C12CC3CC(CC(C3)C1)C2. The summed E-state index contributed by atoms with van der Waals surface area (Å²) < 4.78 is 0. The molecule has 0 aromatic carbocycles. The molecule has 19 heavy (non-hydrogen) atoms. The molecule has 1 atom stereocenters. The molecule has 0 aromatic heterocycles. The van der Waals surface area contributed by atoms with E-state index in [9.17, 15) is 10.1 Å². The Morgan fingerprint density at radius 2 is 1.74 bits per heavy atom. The molecule has 1 unspecified atom stereocenters. The van der Waals surface area contributed by atoms with Crippen molar-refractivity contribution in [2.24, 2.45) is 28.6 Å². The van der Waals surface area contributed by atoms with E-state index in [-0.39, 0.29) is 11.8 Å². The molecule has 1 N–H and O–H groups in total. The van der Waals surface area contributed by atoms with Crippen molar-refractivity contribution in [1.29, 1.82) is 5.26 Å². The smallest absolute Gasteiger partial charge is 0.303 e. The average Bonchev–Trinajstić information content (AvgIpc) is 2.34. The number of nitrogens with zero attached hydrogens (tertiary/aromatic N) is 1. The summed E-state index contributed by atoms with van der Waals surface area (Å²) in [5.41, 5.74) is -0.326. The standard InChI is InChI=1S/C16H23NO2/c1-15(10-17,3-2-14(18)19)16-7-11-4-12(8-16)6-13(5-11)9-16/h11-13H,2-9H2,1H3,(H,18,19). The maximum Gasteiger partial charge on any atom is 0.303 e. The van der Waals surface area contributed by atoms with E-state index in [0.717, 1.165) is 17.8 Å². The maximum absolute atomic E-state index is 10.9. The highest BCUT2D eigenvalue weighted by atomic mass is 16.4. The Kier molecular flexibility index (Phi) is 2.89. The predicted octanol–water partition coefficient (Wildman–Crippen LogP) is 3.60. The fourth-order valence-electron chi connectivity index (χ4n) is 5.58. The number of hydrogen-bond acceptors (Lipinski definition) is 2. The van der Waals surface area contributed by atoms with E-state index in [1.54, 1.807) is 0 Å². The maximum atomic E-state index is 10.9. The number of carboxylic acids is 1. The van der Waals surface area contributed by atoms with Crippen molar-refractivity contribution in [1.82, 2.24) is 0 Å². The zero-order valence-corrected chi connectivity index (χ0v) is 11.7. The molecular weight excluding hydrogens is 238 g/mol. The molecule has 3 heteroatoms. The quantitative estimate of drug-likeness (QED) is 0.841. The van der Waals surface area contributed by atoms with E-state index in [1.807, 2.05) is 6.92 Å². The lowest BCUT2D eigenvalue weighted by Gasteiger charge is -2.61. The minimum absolute atomic E-state index is 0.117. The second-order valence-electron chi connectivity index (χ2n) is 7.54. The first kappa shape index (κ1) is 13.0. The van der Waals surface area contributed by atoms with Gasteiger partial charge >= 0.3 is 5.97 Å². The third-order valence-electron chi connectivity index (χ3n) is 6.29. The highest BCUT2D eigenvalue weighted by molar-refractivity contribution is 5.66. The monoisotopic (exact) mass is 261 g/mol. The Morgan fingerprint density at radius 1 is 1.26 bits per heavy atom. The van der Waals surface area contributed by atoms with Crippen LogP contribution in [0.3, 0.4) is 0 Å². The van der Waals surface area contributed by atoms with Crippen LogP contribution in [0.2, 0.25) is 0 Å². The Bertz CT molecular complexity index is 401. The van der Waals surface area contributed by atoms with Gasteiger partial charge in [-0.15, -0.1) is 0 Å². The molecule has 4 bridgehead atoms. The zero-order valence-electron chi connectivity index (χ0n) is 11.7. The molecule has 0 saturated heterocycles. The second-order valence-corrected chi connectivity index (χ2v) is 7.54. The fraction of sp³-hybridized carbons (Fsp3) is 0.875. The van der Waals surface area contributed by atoms with Crippen LogP contribution < -0.4 is 0 Å². The van der Waals surface area contributed by atoms with Crippen molar-refractivity contribution in [3.63, 3.8) is 0 Å². The number of carboxylic acid groups (broad SMARTS) is 1. The number of aliphatic carboxylic acids is 1. The van der Waals surface area contributed by atoms with Gasteiger partial charge in [-0.25, -0.2) is 0 Å². The summed E-state index contributed by atoms with van der Waals surface area (Å²) in [6.45, 7) is 2.03. The number of rotatable bonds is 4. The molecule has 4 aliphatic rings. The summed E-state index contributed by atoms with van der Waals surface area (Å²) in [5, 5.41) is 18.7. The number of hydrogen-bond donors (Lipinski definition) is 1. The van der Waals surface area contributed by atoms with Crippen LogP contribution in [0.15, 0.2) is 0 Å². The lowest BCUT2D eigenvalue weighted by atomic mass is 9.42. The van der Waals surface area contributed by atoms with E-state index in [1.165, 1.54) is 38.5 Å². The molecule has 0 radical (unpaired) electrons.